The van der Waals surface area contributed by atoms with Gasteiger partial charge in [-0.1, -0.05) is 13.8 Å². The number of piperidine rings is 1. The molecule has 1 fully saturated rings. The molecule has 13 heavy (non-hydrogen) atoms. The fourth-order valence-corrected chi connectivity index (χ4v) is 1.56. The van der Waals surface area contributed by atoms with E-state index in [-0.39, 0.29) is 30.4 Å². The number of amides is 2. The van der Waals surface area contributed by atoms with E-state index in [4.69, 9.17) is 5.11 Å². The number of aliphatic hydroxyl groups excluding tert-OH is 1. The Balaban J connectivity index is 2.71. The van der Waals surface area contributed by atoms with Gasteiger partial charge in [-0.2, -0.15) is 0 Å². The SMILES string of the molecule is CC1(C)CC(=O)N(CCO)C(=O)C1. The first-order valence-corrected chi connectivity index (χ1v) is 4.40. The Labute approximate surface area is 77.5 Å². The Morgan fingerprint density at radius 2 is 1.77 bits per heavy atom. The van der Waals surface area contributed by atoms with Crippen LogP contribution in [0.1, 0.15) is 26.7 Å². The quantitative estimate of drug-likeness (QED) is 0.623. The summed E-state index contributed by atoms with van der Waals surface area (Å²) in [6, 6.07) is 0. The van der Waals surface area contributed by atoms with Crippen LogP contribution >= 0.6 is 0 Å². The molecule has 0 bridgehead atoms. The fourth-order valence-electron chi connectivity index (χ4n) is 1.56. The zero-order valence-corrected chi connectivity index (χ0v) is 8.04. The van der Waals surface area contributed by atoms with Crippen molar-refractivity contribution in [2.75, 3.05) is 13.2 Å². The number of aliphatic hydroxyl groups is 1. The van der Waals surface area contributed by atoms with E-state index in [1.165, 1.54) is 0 Å². The standard InChI is InChI=1S/C9H15NO3/c1-9(2)5-7(12)10(3-4-11)8(13)6-9/h11H,3-6H2,1-2H3. The van der Waals surface area contributed by atoms with Gasteiger partial charge in [0, 0.05) is 12.8 Å². The van der Waals surface area contributed by atoms with Crippen LogP contribution in [0.3, 0.4) is 0 Å². The van der Waals surface area contributed by atoms with Gasteiger partial charge in [-0.3, -0.25) is 14.5 Å². The smallest absolute Gasteiger partial charge is 0.229 e. The first-order valence-electron chi connectivity index (χ1n) is 4.40. The molecule has 1 heterocycles. The summed E-state index contributed by atoms with van der Waals surface area (Å²) in [6.07, 6.45) is 0.775. The molecule has 2 amide bonds. The van der Waals surface area contributed by atoms with Gasteiger partial charge in [0.25, 0.3) is 0 Å². The minimum absolute atomic E-state index is 0.133. The molecule has 0 radical (unpaired) electrons. The zero-order chi connectivity index (χ0) is 10.1. The highest BCUT2D eigenvalue weighted by molar-refractivity contribution is 5.98. The second-order valence-corrected chi connectivity index (χ2v) is 4.18. The van der Waals surface area contributed by atoms with Crippen molar-refractivity contribution in [1.82, 2.24) is 4.90 Å². The molecule has 1 N–H and O–H groups in total. The van der Waals surface area contributed by atoms with Crippen molar-refractivity contribution in [1.29, 1.82) is 0 Å². The summed E-state index contributed by atoms with van der Waals surface area (Å²) in [6.45, 7) is 3.78. The highest BCUT2D eigenvalue weighted by Crippen LogP contribution is 2.31. The van der Waals surface area contributed by atoms with Crippen molar-refractivity contribution in [3.63, 3.8) is 0 Å². The highest BCUT2D eigenvalue weighted by Gasteiger charge is 2.36. The normalized spacial score (nSPS) is 22.2. The summed E-state index contributed by atoms with van der Waals surface area (Å²) in [5.41, 5.74) is -0.222. The number of hydrogen-bond donors (Lipinski definition) is 1. The van der Waals surface area contributed by atoms with Gasteiger partial charge in [0.2, 0.25) is 11.8 Å². The first-order chi connectivity index (χ1) is 5.96. The Bertz CT molecular complexity index is 215. The van der Waals surface area contributed by atoms with Crippen LogP contribution < -0.4 is 0 Å². The number of rotatable bonds is 2. The Kier molecular flexibility index (Phi) is 2.71. The molecule has 0 aromatic heterocycles. The van der Waals surface area contributed by atoms with Gasteiger partial charge in [-0.05, 0) is 5.41 Å². The monoisotopic (exact) mass is 185 g/mol. The summed E-state index contributed by atoms with van der Waals surface area (Å²) < 4.78 is 0. The average Bonchev–Trinajstić information content (AvgIpc) is 1.94. The predicted molar refractivity (Wildman–Crippen MR) is 46.8 cm³/mol. The first kappa shape index (κ1) is 10.2. The number of nitrogens with zero attached hydrogens (tertiary/aromatic N) is 1. The Morgan fingerprint density at radius 1 is 1.31 bits per heavy atom. The lowest BCUT2D eigenvalue weighted by Gasteiger charge is -2.34. The number of carbonyl (C=O) groups is 2. The molecule has 1 rings (SSSR count). The summed E-state index contributed by atoms with van der Waals surface area (Å²) >= 11 is 0. The van der Waals surface area contributed by atoms with Crippen LogP contribution in [0.25, 0.3) is 0 Å². The number of β-amino-alcohol motifs (C(OH)–C–C–N with tert-alkyl or cyclic N) is 1. The zero-order valence-electron chi connectivity index (χ0n) is 8.04. The molecule has 0 saturated carbocycles. The van der Waals surface area contributed by atoms with E-state index in [1.807, 2.05) is 13.8 Å². The van der Waals surface area contributed by atoms with E-state index in [1.54, 1.807) is 0 Å². The lowest BCUT2D eigenvalue weighted by Crippen LogP contribution is -2.47. The van der Waals surface area contributed by atoms with Crippen LogP contribution in [0.15, 0.2) is 0 Å². The van der Waals surface area contributed by atoms with Crippen molar-refractivity contribution >= 4 is 11.8 Å². The Morgan fingerprint density at radius 3 is 2.15 bits per heavy atom. The van der Waals surface area contributed by atoms with E-state index in [0.717, 1.165) is 4.90 Å². The molecule has 74 valence electrons. The summed E-state index contributed by atoms with van der Waals surface area (Å²) in [5, 5.41) is 8.64. The molecular formula is C9H15NO3. The van der Waals surface area contributed by atoms with E-state index < -0.39 is 0 Å². The maximum absolute atomic E-state index is 11.4. The van der Waals surface area contributed by atoms with E-state index in [0.29, 0.717) is 12.8 Å². The fraction of sp³-hybridized carbons (Fsp3) is 0.778. The third-order valence-corrected chi connectivity index (χ3v) is 2.19. The molecule has 4 nitrogen and oxygen atoms in total. The summed E-state index contributed by atoms with van der Waals surface area (Å²) in [7, 11) is 0. The van der Waals surface area contributed by atoms with Crippen molar-refractivity contribution in [2.45, 2.75) is 26.7 Å². The van der Waals surface area contributed by atoms with Crippen molar-refractivity contribution in [3.05, 3.63) is 0 Å². The third kappa shape index (κ3) is 2.28. The molecule has 1 saturated heterocycles. The third-order valence-electron chi connectivity index (χ3n) is 2.19. The van der Waals surface area contributed by atoms with E-state index in [2.05, 4.69) is 0 Å². The van der Waals surface area contributed by atoms with Crippen LogP contribution in [0.4, 0.5) is 0 Å². The van der Waals surface area contributed by atoms with Crippen LogP contribution in [-0.2, 0) is 9.59 Å². The second kappa shape index (κ2) is 3.46. The number of carbonyl (C=O) groups excluding carboxylic acids is 2. The summed E-state index contributed by atoms with van der Waals surface area (Å²) in [4.78, 5) is 24.0. The van der Waals surface area contributed by atoms with Crippen molar-refractivity contribution < 1.29 is 14.7 Å². The molecule has 0 aromatic carbocycles. The van der Waals surface area contributed by atoms with Gasteiger partial charge in [0.05, 0.1) is 13.2 Å². The van der Waals surface area contributed by atoms with Crippen LogP contribution in [0, 0.1) is 5.41 Å². The van der Waals surface area contributed by atoms with Crippen molar-refractivity contribution in [3.8, 4) is 0 Å². The van der Waals surface area contributed by atoms with E-state index in [9.17, 15) is 9.59 Å². The molecule has 1 aliphatic rings. The molecule has 1 aliphatic heterocycles. The van der Waals surface area contributed by atoms with Gasteiger partial charge < -0.3 is 5.11 Å². The molecule has 0 atom stereocenters. The van der Waals surface area contributed by atoms with Gasteiger partial charge >= 0.3 is 0 Å². The topological polar surface area (TPSA) is 57.6 Å². The van der Waals surface area contributed by atoms with Gasteiger partial charge in [-0.25, -0.2) is 0 Å². The minimum Gasteiger partial charge on any atom is -0.395 e. The number of hydrogen-bond acceptors (Lipinski definition) is 3. The van der Waals surface area contributed by atoms with Crippen LogP contribution in [-0.4, -0.2) is 35.0 Å². The minimum atomic E-state index is -0.222. The summed E-state index contributed by atoms with van der Waals surface area (Å²) in [5.74, 6) is -0.342. The lowest BCUT2D eigenvalue weighted by molar-refractivity contribution is -0.153. The van der Waals surface area contributed by atoms with Gasteiger partial charge in [-0.15, -0.1) is 0 Å². The van der Waals surface area contributed by atoms with Crippen molar-refractivity contribution in [2.24, 2.45) is 5.41 Å². The molecule has 4 heteroatoms. The predicted octanol–water partition coefficient (Wildman–Crippen LogP) is 0.154. The maximum Gasteiger partial charge on any atom is 0.229 e. The average molecular weight is 185 g/mol. The molecule has 0 aliphatic carbocycles. The molecule has 0 aromatic rings. The highest BCUT2D eigenvalue weighted by atomic mass is 16.3. The van der Waals surface area contributed by atoms with Gasteiger partial charge in [0.1, 0.15) is 0 Å². The number of likely N-dealkylation sites (tertiary alicyclic amines) is 1. The number of imide groups is 1. The van der Waals surface area contributed by atoms with Crippen LogP contribution in [0.2, 0.25) is 0 Å². The second-order valence-electron chi connectivity index (χ2n) is 4.18. The molecule has 0 spiro atoms. The van der Waals surface area contributed by atoms with Crippen LogP contribution in [0.5, 0.6) is 0 Å². The largest absolute Gasteiger partial charge is 0.395 e. The lowest BCUT2D eigenvalue weighted by atomic mass is 9.82. The Hall–Kier alpha value is -0.900. The maximum atomic E-state index is 11.4. The van der Waals surface area contributed by atoms with E-state index >= 15 is 0 Å². The molecule has 0 unspecified atom stereocenters. The molecular weight excluding hydrogens is 170 g/mol. The van der Waals surface area contributed by atoms with Gasteiger partial charge in [0.15, 0.2) is 0 Å².